The Balaban J connectivity index is 2.19. The quantitative estimate of drug-likeness (QED) is 0.651. The van der Waals surface area contributed by atoms with Crippen molar-refractivity contribution in [2.75, 3.05) is 13.2 Å². The van der Waals surface area contributed by atoms with E-state index in [4.69, 9.17) is 9.47 Å². The van der Waals surface area contributed by atoms with Crippen LogP contribution in [0.3, 0.4) is 0 Å². The molecule has 0 saturated carbocycles. The number of carbonyl (C=O) groups excluding carboxylic acids is 1. The highest BCUT2D eigenvalue weighted by Gasteiger charge is 2.28. The number of carbonyl (C=O) groups is 1. The van der Waals surface area contributed by atoms with Gasteiger partial charge in [0.15, 0.2) is 6.29 Å². The first-order chi connectivity index (χ1) is 6.53. The summed E-state index contributed by atoms with van der Waals surface area (Å²) in [5.74, 6) is 0.108. The van der Waals surface area contributed by atoms with Crippen LogP contribution in [0, 0.1) is 11.3 Å². The molecular formula is C11H20O3. The van der Waals surface area contributed by atoms with E-state index in [1.54, 1.807) is 0 Å². The molecular weight excluding hydrogens is 180 g/mol. The van der Waals surface area contributed by atoms with E-state index in [1.807, 2.05) is 6.92 Å². The molecule has 0 N–H and O–H groups in total. The zero-order chi connectivity index (χ0) is 10.6. The topological polar surface area (TPSA) is 35.5 Å². The summed E-state index contributed by atoms with van der Waals surface area (Å²) in [5, 5.41) is 0. The van der Waals surface area contributed by atoms with Crippen LogP contribution < -0.4 is 0 Å². The number of hydrogen-bond donors (Lipinski definition) is 0. The van der Waals surface area contributed by atoms with E-state index in [-0.39, 0.29) is 17.6 Å². The molecule has 0 aromatic rings. The Bertz CT molecular complexity index is 179. The van der Waals surface area contributed by atoms with Gasteiger partial charge in [-0.25, -0.2) is 0 Å². The Morgan fingerprint density at radius 1 is 1.43 bits per heavy atom. The molecule has 0 radical (unpaired) electrons. The lowest BCUT2D eigenvalue weighted by molar-refractivity contribution is -0.224. The molecule has 1 aliphatic heterocycles. The van der Waals surface area contributed by atoms with Crippen LogP contribution in [0.5, 0.6) is 0 Å². The summed E-state index contributed by atoms with van der Waals surface area (Å²) in [6.07, 6.45) is 2.53. The molecule has 1 fully saturated rings. The molecule has 1 atom stereocenters. The van der Waals surface area contributed by atoms with Gasteiger partial charge in [0, 0.05) is 11.3 Å². The van der Waals surface area contributed by atoms with Crippen LogP contribution in [0.4, 0.5) is 0 Å². The maximum absolute atomic E-state index is 10.4. The van der Waals surface area contributed by atoms with Crippen molar-refractivity contribution in [2.24, 2.45) is 11.3 Å². The minimum atomic E-state index is -0.106. The van der Waals surface area contributed by atoms with Crippen LogP contribution in [0.25, 0.3) is 0 Å². The van der Waals surface area contributed by atoms with Crippen molar-refractivity contribution in [3.8, 4) is 0 Å². The molecule has 0 bridgehead atoms. The van der Waals surface area contributed by atoms with Gasteiger partial charge < -0.3 is 14.3 Å². The molecule has 3 nitrogen and oxygen atoms in total. The van der Waals surface area contributed by atoms with Gasteiger partial charge in [-0.15, -0.1) is 0 Å². The lowest BCUT2D eigenvalue weighted by Crippen LogP contribution is -2.37. The molecule has 1 heterocycles. The fraction of sp³-hybridized carbons (Fsp3) is 0.909. The maximum Gasteiger partial charge on any atom is 0.157 e. The van der Waals surface area contributed by atoms with Crippen LogP contribution >= 0.6 is 0 Å². The third-order valence-corrected chi connectivity index (χ3v) is 2.41. The van der Waals surface area contributed by atoms with E-state index < -0.39 is 0 Å². The van der Waals surface area contributed by atoms with Gasteiger partial charge in [-0.1, -0.05) is 20.8 Å². The molecule has 1 aliphatic rings. The summed E-state index contributed by atoms with van der Waals surface area (Å²) >= 11 is 0. The Labute approximate surface area is 85.8 Å². The fourth-order valence-electron chi connectivity index (χ4n) is 1.36. The average Bonchev–Trinajstić information content (AvgIpc) is 2.16. The van der Waals surface area contributed by atoms with Crippen LogP contribution in [-0.2, 0) is 14.3 Å². The van der Waals surface area contributed by atoms with Crippen molar-refractivity contribution in [3.05, 3.63) is 0 Å². The lowest BCUT2D eigenvalue weighted by Gasteiger charge is -2.34. The van der Waals surface area contributed by atoms with Gasteiger partial charge >= 0.3 is 0 Å². The molecule has 0 aromatic heterocycles. The second-order valence-corrected chi connectivity index (χ2v) is 4.91. The van der Waals surface area contributed by atoms with E-state index >= 15 is 0 Å². The summed E-state index contributed by atoms with van der Waals surface area (Å²) in [4.78, 5) is 10.4. The molecule has 82 valence electrons. The van der Waals surface area contributed by atoms with Gasteiger partial charge in [0.05, 0.1) is 13.2 Å². The zero-order valence-electron chi connectivity index (χ0n) is 9.29. The first-order valence-electron chi connectivity index (χ1n) is 5.22. The highest BCUT2D eigenvalue weighted by Crippen LogP contribution is 2.25. The van der Waals surface area contributed by atoms with E-state index in [0.29, 0.717) is 0 Å². The number of rotatable bonds is 4. The first-order valence-corrected chi connectivity index (χ1v) is 5.22. The summed E-state index contributed by atoms with van der Waals surface area (Å²) in [6, 6.07) is 0. The van der Waals surface area contributed by atoms with Crippen molar-refractivity contribution >= 4 is 6.29 Å². The van der Waals surface area contributed by atoms with Gasteiger partial charge in [0.1, 0.15) is 6.29 Å². The van der Waals surface area contributed by atoms with Crippen LogP contribution in [0.15, 0.2) is 0 Å². The normalized spacial score (nSPS) is 24.5. The predicted octanol–water partition coefficient (Wildman–Crippen LogP) is 2.00. The van der Waals surface area contributed by atoms with Crippen molar-refractivity contribution in [3.63, 3.8) is 0 Å². The second kappa shape index (κ2) is 4.89. The standard InChI is InChI=1S/C11H20O3/c1-9(6-12)4-5-10-13-7-11(2,3)8-14-10/h6,9-10H,4-5,7-8H2,1-3H3/t9-/m0/s1. The molecule has 14 heavy (non-hydrogen) atoms. The Hall–Kier alpha value is -0.410. The maximum atomic E-state index is 10.4. The molecule has 1 rings (SSSR count). The Kier molecular flexibility index (Phi) is 4.08. The van der Waals surface area contributed by atoms with Crippen molar-refractivity contribution < 1.29 is 14.3 Å². The Morgan fingerprint density at radius 2 is 2.00 bits per heavy atom. The Morgan fingerprint density at radius 3 is 2.50 bits per heavy atom. The van der Waals surface area contributed by atoms with Gasteiger partial charge in [0.2, 0.25) is 0 Å². The monoisotopic (exact) mass is 200 g/mol. The molecule has 0 spiro atoms. The summed E-state index contributed by atoms with van der Waals surface area (Å²) in [5.41, 5.74) is 0.132. The summed E-state index contributed by atoms with van der Waals surface area (Å²) < 4.78 is 11.1. The smallest absolute Gasteiger partial charge is 0.157 e. The van der Waals surface area contributed by atoms with Gasteiger partial charge in [-0.3, -0.25) is 0 Å². The molecule has 0 unspecified atom stereocenters. The van der Waals surface area contributed by atoms with Crippen LogP contribution in [-0.4, -0.2) is 25.8 Å². The third kappa shape index (κ3) is 3.76. The SMILES string of the molecule is C[C@H](C=O)CCC1OCC(C)(C)CO1. The number of aldehydes is 1. The molecule has 0 amide bonds. The van der Waals surface area contributed by atoms with Gasteiger partial charge in [0.25, 0.3) is 0 Å². The van der Waals surface area contributed by atoms with E-state index in [9.17, 15) is 4.79 Å². The van der Waals surface area contributed by atoms with Crippen molar-refractivity contribution in [1.29, 1.82) is 0 Å². The summed E-state index contributed by atoms with van der Waals surface area (Å²) in [6.45, 7) is 7.65. The summed E-state index contributed by atoms with van der Waals surface area (Å²) in [7, 11) is 0. The van der Waals surface area contributed by atoms with Crippen molar-refractivity contribution in [1.82, 2.24) is 0 Å². The number of ether oxygens (including phenoxy) is 2. The number of hydrogen-bond acceptors (Lipinski definition) is 3. The van der Waals surface area contributed by atoms with E-state index in [0.717, 1.165) is 32.3 Å². The largest absolute Gasteiger partial charge is 0.352 e. The zero-order valence-corrected chi connectivity index (χ0v) is 9.29. The molecule has 3 heteroatoms. The molecule has 0 aromatic carbocycles. The van der Waals surface area contributed by atoms with Gasteiger partial charge in [-0.2, -0.15) is 0 Å². The van der Waals surface area contributed by atoms with Gasteiger partial charge in [-0.05, 0) is 12.8 Å². The van der Waals surface area contributed by atoms with Crippen LogP contribution in [0.2, 0.25) is 0 Å². The molecule has 1 saturated heterocycles. The molecule has 0 aliphatic carbocycles. The highest BCUT2D eigenvalue weighted by molar-refractivity contribution is 5.52. The fourth-order valence-corrected chi connectivity index (χ4v) is 1.36. The predicted molar refractivity (Wildman–Crippen MR) is 53.9 cm³/mol. The first kappa shape index (κ1) is 11.7. The third-order valence-electron chi connectivity index (χ3n) is 2.41. The second-order valence-electron chi connectivity index (χ2n) is 4.91. The average molecular weight is 200 g/mol. The van der Waals surface area contributed by atoms with E-state index in [1.165, 1.54) is 0 Å². The van der Waals surface area contributed by atoms with Crippen LogP contribution in [0.1, 0.15) is 33.6 Å². The van der Waals surface area contributed by atoms with Crippen molar-refractivity contribution in [2.45, 2.75) is 39.9 Å². The lowest BCUT2D eigenvalue weighted by atomic mass is 9.95. The highest BCUT2D eigenvalue weighted by atomic mass is 16.7. The van der Waals surface area contributed by atoms with E-state index in [2.05, 4.69) is 13.8 Å². The minimum Gasteiger partial charge on any atom is -0.352 e. The minimum absolute atomic E-state index is 0.106.